The van der Waals surface area contributed by atoms with Crippen LogP contribution in [0.15, 0.2) is 30.4 Å². The lowest BCUT2D eigenvalue weighted by Gasteiger charge is -2.28. The van der Waals surface area contributed by atoms with Gasteiger partial charge in [-0.25, -0.2) is 0 Å². The van der Waals surface area contributed by atoms with Gasteiger partial charge in [0.15, 0.2) is 0 Å². The molecule has 0 bridgehead atoms. The second-order valence-electron chi connectivity index (χ2n) is 4.72. The van der Waals surface area contributed by atoms with Gasteiger partial charge in [0, 0.05) is 5.41 Å². The third kappa shape index (κ3) is 1.89. The second kappa shape index (κ2) is 3.61. The molecule has 14 heavy (non-hydrogen) atoms. The molecule has 0 aromatic heterocycles. The van der Waals surface area contributed by atoms with Gasteiger partial charge >= 0.3 is 0 Å². The summed E-state index contributed by atoms with van der Waals surface area (Å²) in [7, 11) is 0. The molecule has 0 N–H and O–H groups in total. The van der Waals surface area contributed by atoms with Crippen LogP contribution >= 0.6 is 0 Å². The molecule has 0 amide bonds. The molecule has 1 rings (SSSR count). The van der Waals surface area contributed by atoms with Crippen LogP contribution in [0.1, 0.15) is 37.5 Å². The van der Waals surface area contributed by atoms with Crippen LogP contribution in [0, 0.1) is 13.8 Å². The van der Waals surface area contributed by atoms with Crippen molar-refractivity contribution in [2.75, 3.05) is 0 Å². The van der Waals surface area contributed by atoms with Crippen molar-refractivity contribution in [2.24, 2.45) is 0 Å². The standard InChI is InChI=1S/C14H20/c1-10(2)14(5,6)13-9-11(3)7-8-12(13)4/h7-9H,1H2,2-6H3. The molecule has 0 saturated carbocycles. The largest absolute Gasteiger partial charge is 0.0993 e. The van der Waals surface area contributed by atoms with Gasteiger partial charge in [-0.3, -0.25) is 0 Å². The number of hydrogen-bond donors (Lipinski definition) is 0. The minimum absolute atomic E-state index is 0.0795. The zero-order valence-corrected chi connectivity index (χ0v) is 9.94. The average molecular weight is 188 g/mol. The molecule has 0 saturated heterocycles. The highest BCUT2D eigenvalue weighted by Gasteiger charge is 2.22. The summed E-state index contributed by atoms with van der Waals surface area (Å²) in [6.45, 7) is 14.9. The van der Waals surface area contributed by atoms with Gasteiger partial charge in [-0.15, -0.1) is 0 Å². The van der Waals surface area contributed by atoms with Crippen molar-refractivity contribution in [3.8, 4) is 0 Å². The molecule has 1 aromatic rings. The van der Waals surface area contributed by atoms with Gasteiger partial charge in [0.25, 0.3) is 0 Å². The normalized spacial score (nSPS) is 11.5. The Balaban J connectivity index is 3.31. The molecule has 76 valence electrons. The van der Waals surface area contributed by atoms with E-state index in [4.69, 9.17) is 0 Å². The van der Waals surface area contributed by atoms with E-state index in [1.807, 2.05) is 0 Å². The Hall–Kier alpha value is -1.04. The number of benzene rings is 1. The van der Waals surface area contributed by atoms with Crippen molar-refractivity contribution in [1.29, 1.82) is 0 Å². The van der Waals surface area contributed by atoms with Crippen LogP contribution in [0.5, 0.6) is 0 Å². The van der Waals surface area contributed by atoms with Gasteiger partial charge in [0.2, 0.25) is 0 Å². The molecule has 1 aromatic carbocycles. The maximum Gasteiger partial charge on any atom is 0.0102 e. The fraction of sp³-hybridized carbons (Fsp3) is 0.429. The fourth-order valence-corrected chi connectivity index (χ4v) is 1.64. The predicted molar refractivity (Wildman–Crippen MR) is 63.8 cm³/mol. The highest BCUT2D eigenvalue weighted by atomic mass is 14.3. The van der Waals surface area contributed by atoms with Gasteiger partial charge in [-0.1, -0.05) is 49.8 Å². The third-order valence-electron chi connectivity index (χ3n) is 3.13. The Morgan fingerprint density at radius 3 is 2.29 bits per heavy atom. The average Bonchev–Trinajstić information content (AvgIpc) is 2.08. The van der Waals surface area contributed by atoms with Crippen molar-refractivity contribution in [2.45, 2.75) is 40.0 Å². The van der Waals surface area contributed by atoms with Crippen LogP contribution in [-0.2, 0) is 5.41 Å². The van der Waals surface area contributed by atoms with Crippen LogP contribution in [-0.4, -0.2) is 0 Å². The Morgan fingerprint density at radius 2 is 1.79 bits per heavy atom. The molecular formula is C14H20. The molecule has 0 fully saturated rings. The van der Waals surface area contributed by atoms with Gasteiger partial charge in [-0.2, -0.15) is 0 Å². The van der Waals surface area contributed by atoms with E-state index in [1.54, 1.807) is 0 Å². The van der Waals surface area contributed by atoms with Crippen molar-refractivity contribution in [3.05, 3.63) is 47.0 Å². The molecule has 0 spiro atoms. The van der Waals surface area contributed by atoms with Gasteiger partial charge < -0.3 is 0 Å². The minimum atomic E-state index is 0.0795. The summed E-state index contributed by atoms with van der Waals surface area (Å²) in [5.41, 5.74) is 5.36. The van der Waals surface area contributed by atoms with Crippen molar-refractivity contribution in [3.63, 3.8) is 0 Å². The minimum Gasteiger partial charge on any atom is -0.0993 e. The van der Waals surface area contributed by atoms with Crippen LogP contribution in [0.25, 0.3) is 0 Å². The SMILES string of the molecule is C=C(C)C(C)(C)c1cc(C)ccc1C. The van der Waals surface area contributed by atoms with Crippen molar-refractivity contribution < 1.29 is 0 Å². The van der Waals surface area contributed by atoms with E-state index >= 15 is 0 Å². The third-order valence-corrected chi connectivity index (χ3v) is 3.13. The first-order chi connectivity index (χ1) is 6.35. The zero-order chi connectivity index (χ0) is 10.9. The summed E-state index contributed by atoms with van der Waals surface area (Å²) in [5, 5.41) is 0. The maximum absolute atomic E-state index is 4.07. The lowest BCUT2D eigenvalue weighted by atomic mass is 9.76. The van der Waals surface area contributed by atoms with Crippen LogP contribution in [0.4, 0.5) is 0 Å². The second-order valence-corrected chi connectivity index (χ2v) is 4.72. The molecule has 0 aliphatic carbocycles. The van der Waals surface area contributed by atoms with Gasteiger partial charge in [0.1, 0.15) is 0 Å². The van der Waals surface area contributed by atoms with E-state index in [1.165, 1.54) is 22.3 Å². The molecule has 0 heterocycles. The molecule has 0 radical (unpaired) electrons. The van der Waals surface area contributed by atoms with Crippen molar-refractivity contribution >= 4 is 0 Å². The first-order valence-corrected chi connectivity index (χ1v) is 5.09. The highest BCUT2D eigenvalue weighted by molar-refractivity contribution is 5.40. The summed E-state index contributed by atoms with van der Waals surface area (Å²) in [6.07, 6.45) is 0. The quantitative estimate of drug-likeness (QED) is 0.611. The predicted octanol–water partition coefficient (Wildman–Crippen LogP) is 4.16. The summed E-state index contributed by atoms with van der Waals surface area (Å²) < 4.78 is 0. The smallest absolute Gasteiger partial charge is 0.0102 e. The first-order valence-electron chi connectivity index (χ1n) is 5.09. The van der Waals surface area contributed by atoms with Crippen molar-refractivity contribution in [1.82, 2.24) is 0 Å². The number of hydrogen-bond acceptors (Lipinski definition) is 0. The number of allylic oxidation sites excluding steroid dienone is 1. The monoisotopic (exact) mass is 188 g/mol. The van der Waals surface area contributed by atoms with E-state index in [-0.39, 0.29) is 5.41 Å². The Labute approximate surface area is 87.7 Å². The lowest BCUT2D eigenvalue weighted by Crippen LogP contribution is -2.19. The number of rotatable bonds is 2. The van der Waals surface area contributed by atoms with E-state index < -0.39 is 0 Å². The molecule has 0 aliphatic heterocycles. The fourth-order valence-electron chi connectivity index (χ4n) is 1.64. The molecule has 0 atom stereocenters. The summed E-state index contributed by atoms with van der Waals surface area (Å²) in [5.74, 6) is 0. The zero-order valence-electron chi connectivity index (χ0n) is 9.94. The number of aryl methyl sites for hydroxylation is 2. The molecule has 0 heteroatoms. The highest BCUT2D eigenvalue weighted by Crippen LogP contribution is 2.32. The van der Waals surface area contributed by atoms with Crippen LogP contribution < -0.4 is 0 Å². The van der Waals surface area contributed by atoms with E-state index in [9.17, 15) is 0 Å². The van der Waals surface area contributed by atoms with E-state index in [0.29, 0.717) is 0 Å². The lowest BCUT2D eigenvalue weighted by molar-refractivity contribution is 0.621. The first kappa shape index (κ1) is 11.0. The molecule has 0 nitrogen and oxygen atoms in total. The summed E-state index contributed by atoms with van der Waals surface area (Å²) >= 11 is 0. The van der Waals surface area contributed by atoms with Crippen LogP contribution in [0.2, 0.25) is 0 Å². The van der Waals surface area contributed by atoms with E-state index in [0.717, 1.165) is 0 Å². The van der Waals surface area contributed by atoms with Gasteiger partial charge in [-0.05, 0) is 31.9 Å². The summed E-state index contributed by atoms with van der Waals surface area (Å²) in [6, 6.07) is 6.62. The van der Waals surface area contributed by atoms with Crippen LogP contribution in [0.3, 0.4) is 0 Å². The Morgan fingerprint density at radius 1 is 1.21 bits per heavy atom. The Bertz CT molecular complexity index is 356. The topological polar surface area (TPSA) is 0 Å². The maximum atomic E-state index is 4.07. The molecule has 0 aliphatic rings. The summed E-state index contributed by atoms with van der Waals surface area (Å²) in [4.78, 5) is 0. The Kier molecular flexibility index (Phi) is 2.84. The molecular weight excluding hydrogens is 168 g/mol. The van der Waals surface area contributed by atoms with E-state index in [2.05, 4.69) is 59.4 Å². The van der Waals surface area contributed by atoms with Gasteiger partial charge in [0.05, 0.1) is 0 Å². The molecule has 0 unspecified atom stereocenters.